The van der Waals surface area contributed by atoms with E-state index in [4.69, 9.17) is 4.74 Å². The van der Waals surface area contributed by atoms with Crippen molar-refractivity contribution in [1.29, 1.82) is 0 Å². The number of ether oxygens (including phenoxy) is 1. The second-order valence-electron chi connectivity index (χ2n) is 6.43. The number of hydrogen-bond donors (Lipinski definition) is 1. The molecule has 2 aromatic carbocycles. The highest BCUT2D eigenvalue weighted by molar-refractivity contribution is 7.83. The van der Waals surface area contributed by atoms with Crippen molar-refractivity contribution in [3.8, 4) is 11.4 Å². The maximum absolute atomic E-state index is 12.7. The minimum Gasteiger partial charge on any atom is -0.497 e. The first-order valence-corrected chi connectivity index (χ1v) is 10.0. The third-order valence-electron chi connectivity index (χ3n) is 4.53. The number of methoxy groups -OCH3 is 1. The van der Waals surface area contributed by atoms with Crippen molar-refractivity contribution in [2.75, 3.05) is 12.4 Å². The van der Waals surface area contributed by atoms with Crippen molar-refractivity contribution in [3.63, 3.8) is 0 Å². The normalized spacial score (nSPS) is 15.4. The van der Waals surface area contributed by atoms with Crippen molar-refractivity contribution < 1.29 is 13.7 Å². The predicted octanol–water partition coefficient (Wildman–Crippen LogP) is 3.20. The van der Waals surface area contributed by atoms with E-state index < -0.39 is 10.8 Å². The van der Waals surface area contributed by atoms with E-state index in [2.05, 4.69) is 10.4 Å². The third kappa shape index (κ3) is 3.38. The van der Waals surface area contributed by atoms with Gasteiger partial charge in [-0.15, -0.1) is 0 Å². The summed E-state index contributed by atoms with van der Waals surface area (Å²) in [4.78, 5) is 12.7. The van der Waals surface area contributed by atoms with Crippen LogP contribution < -0.4 is 10.1 Å². The lowest BCUT2D eigenvalue weighted by molar-refractivity contribution is 0.102. The van der Waals surface area contributed by atoms with Crippen molar-refractivity contribution in [3.05, 3.63) is 70.9 Å². The Balaban J connectivity index is 1.72. The summed E-state index contributed by atoms with van der Waals surface area (Å²) in [5, 5.41) is 7.57. The summed E-state index contributed by atoms with van der Waals surface area (Å²) >= 11 is 0. The number of anilines is 1. The summed E-state index contributed by atoms with van der Waals surface area (Å²) in [6, 6.07) is 14.8. The molecule has 7 heteroatoms. The molecular weight excluding hydrogens is 362 g/mol. The molecule has 0 spiro atoms. The molecule has 27 heavy (non-hydrogen) atoms. The number of hydrogen-bond acceptors (Lipinski definition) is 4. The first-order valence-electron chi connectivity index (χ1n) is 8.53. The number of benzene rings is 2. The molecule has 0 saturated heterocycles. The van der Waals surface area contributed by atoms with Crippen molar-refractivity contribution in [1.82, 2.24) is 9.78 Å². The standard InChI is InChI=1S/C20H19N3O3S/c1-13-3-5-14(6-4-13)20(24)21-19-17-11-27(25)12-18(17)22-23(19)15-7-9-16(26-2)10-8-15/h3-10H,11-12H2,1-2H3,(H,21,24)/t27-/m0/s1. The number of nitrogens with one attached hydrogen (secondary N) is 1. The van der Waals surface area contributed by atoms with E-state index in [0.717, 1.165) is 28.3 Å². The van der Waals surface area contributed by atoms with Gasteiger partial charge in [-0.2, -0.15) is 5.10 Å². The van der Waals surface area contributed by atoms with Crippen LogP contribution in [-0.2, 0) is 22.3 Å². The van der Waals surface area contributed by atoms with E-state index >= 15 is 0 Å². The lowest BCUT2D eigenvalue weighted by Crippen LogP contribution is -2.16. The summed E-state index contributed by atoms with van der Waals surface area (Å²) < 4.78 is 18.9. The number of aromatic nitrogens is 2. The first kappa shape index (κ1) is 17.5. The molecular formula is C20H19N3O3S. The molecule has 6 nitrogen and oxygen atoms in total. The molecule has 0 bridgehead atoms. The molecule has 0 saturated carbocycles. The predicted molar refractivity (Wildman–Crippen MR) is 105 cm³/mol. The van der Waals surface area contributed by atoms with Crippen molar-refractivity contribution in [2.45, 2.75) is 18.4 Å². The fourth-order valence-corrected chi connectivity index (χ4v) is 4.32. The van der Waals surface area contributed by atoms with Gasteiger partial charge in [0.05, 0.1) is 30.0 Å². The van der Waals surface area contributed by atoms with Crippen molar-refractivity contribution >= 4 is 22.5 Å². The molecule has 4 rings (SSSR count). The van der Waals surface area contributed by atoms with E-state index in [1.54, 1.807) is 23.9 Å². The zero-order valence-electron chi connectivity index (χ0n) is 15.1. The Kier molecular flexibility index (Phi) is 4.53. The number of amides is 1. The van der Waals surface area contributed by atoms with Gasteiger partial charge in [-0.05, 0) is 43.3 Å². The maximum Gasteiger partial charge on any atom is 0.256 e. The molecule has 0 fully saturated rings. The quantitative estimate of drug-likeness (QED) is 0.753. The Morgan fingerprint density at radius 2 is 1.81 bits per heavy atom. The van der Waals surface area contributed by atoms with Crippen LogP contribution in [0.3, 0.4) is 0 Å². The van der Waals surface area contributed by atoms with Crippen LogP contribution in [0, 0.1) is 6.92 Å². The Labute approximate surface area is 159 Å². The Bertz CT molecular complexity index is 1020. The van der Waals surface area contributed by atoms with E-state index in [0.29, 0.717) is 22.9 Å². The minimum atomic E-state index is -0.978. The van der Waals surface area contributed by atoms with Gasteiger partial charge in [0, 0.05) is 21.9 Å². The maximum atomic E-state index is 12.7. The number of carbonyl (C=O) groups is 1. The van der Waals surface area contributed by atoms with Gasteiger partial charge < -0.3 is 10.1 Å². The summed E-state index contributed by atoms with van der Waals surface area (Å²) in [6.07, 6.45) is 0. The topological polar surface area (TPSA) is 73.2 Å². The van der Waals surface area contributed by atoms with Gasteiger partial charge in [0.15, 0.2) is 0 Å². The molecule has 1 amide bonds. The van der Waals surface area contributed by atoms with Crippen LogP contribution in [0.5, 0.6) is 5.75 Å². The fourth-order valence-electron chi connectivity index (χ4n) is 3.05. The van der Waals surface area contributed by atoms with Gasteiger partial charge in [0.1, 0.15) is 11.6 Å². The van der Waals surface area contributed by atoms with Gasteiger partial charge in [-0.1, -0.05) is 17.7 Å². The van der Waals surface area contributed by atoms with E-state index in [9.17, 15) is 9.00 Å². The molecule has 0 radical (unpaired) electrons. The smallest absolute Gasteiger partial charge is 0.256 e. The number of aryl methyl sites for hydroxylation is 1. The van der Waals surface area contributed by atoms with Crippen LogP contribution in [0.25, 0.3) is 5.69 Å². The van der Waals surface area contributed by atoms with E-state index in [1.807, 2.05) is 43.3 Å². The molecule has 3 aromatic rings. The van der Waals surface area contributed by atoms with E-state index in [1.165, 1.54) is 0 Å². The van der Waals surface area contributed by atoms with Crippen LogP contribution in [0.15, 0.2) is 48.5 Å². The molecule has 1 aliphatic heterocycles. The van der Waals surface area contributed by atoms with Gasteiger partial charge in [0.2, 0.25) is 0 Å². The van der Waals surface area contributed by atoms with Crippen LogP contribution >= 0.6 is 0 Å². The molecule has 0 unspecified atom stereocenters. The molecule has 138 valence electrons. The molecule has 1 aromatic heterocycles. The zero-order chi connectivity index (χ0) is 19.0. The SMILES string of the molecule is COc1ccc(-n2nc3c(c2NC(=O)c2ccc(C)cc2)C[S@](=O)C3)cc1. The fraction of sp³-hybridized carbons (Fsp3) is 0.200. The van der Waals surface area contributed by atoms with E-state index in [-0.39, 0.29) is 5.91 Å². The molecule has 1 atom stereocenters. The minimum absolute atomic E-state index is 0.217. The molecule has 2 heterocycles. The zero-order valence-corrected chi connectivity index (χ0v) is 15.9. The number of carbonyl (C=O) groups excluding carboxylic acids is 1. The van der Waals surface area contributed by atoms with Gasteiger partial charge >= 0.3 is 0 Å². The molecule has 1 N–H and O–H groups in total. The van der Waals surface area contributed by atoms with Crippen LogP contribution in [0.1, 0.15) is 27.2 Å². The Hall–Kier alpha value is -2.93. The highest BCUT2D eigenvalue weighted by Crippen LogP contribution is 2.32. The largest absolute Gasteiger partial charge is 0.497 e. The Morgan fingerprint density at radius 1 is 1.11 bits per heavy atom. The summed E-state index contributed by atoms with van der Waals surface area (Å²) in [5.41, 5.74) is 4.06. The highest BCUT2D eigenvalue weighted by Gasteiger charge is 2.28. The summed E-state index contributed by atoms with van der Waals surface area (Å²) in [6.45, 7) is 1.97. The molecule has 1 aliphatic rings. The van der Waals surface area contributed by atoms with Gasteiger partial charge in [0.25, 0.3) is 5.91 Å². The lowest BCUT2D eigenvalue weighted by atomic mass is 10.1. The molecule has 0 aliphatic carbocycles. The Morgan fingerprint density at radius 3 is 2.48 bits per heavy atom. The second-order valence-corrected chi connectivity index (χ2v) is 7.89. The first-order chi connectivity index (χ1) is 13.0. The number of rotatable bonds is 4. The lowest BCUT2D eigenvalue weighted by Gasteiger charge is -2.12. The van der Waals surface area contributed by atoms with Gasteiger partial charge in [-0.25, -0.2) is 4.68 Å². The number of nitrogens with zero attached hydrogens (tertiary/aromatic N) is 2. The van der Waals surface area contributed by atoms with Gasteiger partial charge in [-0.3, -0.25) is 9.00 Å². The third-order valence-corrected chi connectivity index (χ3v) is 5.74. The second kappa shape index (κ2) is 7.00. The average molecular weight is 381 g/mol. The highest BCUT2D eigenvalue weighted by atomic mass is 32.2. The monoisotopic (exact) mass is 381 g/mol. The average Bonchev–Trinajstić information content (AvgIpc) is 3.19. The van der Waals surface area contributed by atoms with Crippen LogP contribution in [-0.4, -0.2) is 27.0 Å². The van der Waals surface area contributed by atoms with Crippen LogP contribution in [0.4, 0.5) is 5.82 Å². The van der Waals surface area contributed by atoms with Crippen molar-refractivity contribution in [2.24, 2.45) is 0 Å². The number of fused-ring (bicyclic) bond motifs is 1. The van der Waals surface area contributed by atoms with Crippen LogP contribution in [0.2, 0.25) is 0 Å². The summed E-state index contributed by atoms with van der Waals surface area (Å²) in [5.74, 6) is 1.91. The summed E-state index contributed by atoms with van der Waals surface area (Å²) in [7, 11) is 0.633.